The van der Waals surface area contributed by atoms with Crippen molar-refractivity contribution in [3.8, 4) is 0 Å². The van der Waals surface area contributed by atoms with E-state index in [0.29, 0.717) is 17.5 Å². The molecule has 0 bridgehead atoms. The topological polar surface area (TPSA) is 92.3 Å². The Morgan fingerprint density at radius 3 is 2.95 bits per heavy atom. The summed E-state index contributed by atoms with van der Waals surface area (Å²) in [6, 6.07) is 4.67. The lowest BCUT2D eigenvalue weighted by Crippen LogP contribution is -2.33. The summed E-state index contributed by atoms with van der Waals surface area (Å²) < 4.78 is 6.79. The lowest BCUT2D eigenvalue weighted by molar-refractivity contribution is 0.149. The summed E-state index contributed by atoms with van der Waals surface area (Å²) in [4.78, 5) is 11.8. The number of nitrogens with one attached hydrogen (secondary N) is 2. The predicted octanol–water partition coefficient (Wildman–Crippen LogP) is 1.99. The standard InChI is InChI=1S/C14H20N4O3/c1-10(2)9-18-13(5-6-16-18)17-14(20)15-8-11(19)12-4-3-7-21-12/h3-7,10-11,19H,8-9H2,1-2H3,(H2,15,17,20). The van der Waals surface area contributed by atoms with E-state index < -0.39 is 12.1 Å². The van der Waals surface area contributed by atoms with Gasteiger partial charge in [0.05, 0.1) is 19.0 Å². The minimum Gasteiger partial charge on any atom is -0.467 e. The third-order valence-corrected chi connectivity index (χ3v) is 2.82. The molecule has 0 fully saturated rings. The van der Waals surface area contributed by atoms with Crippen molar-refractivity contribution in [2.24, 2.45) is 5.92 Å². The lowest BCUT2D eigenvalue weighted by Gasteiger charge is -2.13. The van der Waals surface area contributed by atoms with Gasteiger partial charge in [-0.2, -0.15) is 5.10 Å². The number of hydrogen-bond acceptors (Lipinski definition) is 4. The van der Waals surface area contributed by atoms with E-state index in [4.69, 9.17) is 4.42 Å². The molecular formula is C14H20N4O3. The SMILES string of the molecule is CC(C)Cn1nccc1NC(=O)NCC(O)c1ccco1. The van der Waals surface area contributed by atoms with Crippen molar-refractivity contribution >= 4 is 11.8 Å². The number of urea groups is 1. The molecular weight excluding hydrogens is 272 g/mol. The minimum atomic E-state index is -0.869. The molecule has 7 nitrogen and oxygen atoms in total. The summed E-state index contributed by atoms with van der Waals surface area (Å²) in [5, 5.41) is 19.3. The number of furan rings is 1. The first-order valence-electron chi connectivity index (χ1n) is 6.84. The Hall–Kier alpha value is -2.28. The fraction of sp³-hybridized carbons (Fsp3) is 0.429. The fourth-order valence-corrected chi connectivity index (χ4v) is 1.86. The molecule has 21 heavy (non-hydrogen) atoms. The van der Waals surface area contributed by atoms with Gasteiger partial charge in [0, 0.05) is 12.6 Å². The fourth-order valence-electron chi connectivity index (χ4n) is 1.86. The first-order chi connectivity index (χ1) is 10.1. The molecule has 0 aliphatic rings. The number of aliphatic hydroxyl groups excluding tert-OH is 1. The maximum absolute atomic E-state index is 11.8. The van der Waals surface area contributed by atoms with Crippen LogP contribution in [0.15, 0.2) is 35.1 Å². The summed E-state index contributed by atoms with van der Waals surface area (Å²) in [5.74, 6) is 1.46. The van der Waals surface area contributed by atoms with Crippen molar-refractivity contribution in [3.05, 3.63) is 36.4 Å². The number of hydrogen-bond donors (Lipinski definition) is 3. The highest BCUT2D eigenvalue weighted by atomic mass is 16.4. The number of aliphatic hydroxyl groups is 1. The highest BCUT2D eigenvalue weighted by Crippen LogP contribution is 2.12. The molecule has 2 heterocycles. The monoisotopic (exact) mass is 292 g/mol. The number of aromatic nitrogens is 2. The Labute approximate surface area is 123 Å². The van der Waals surface area contributed by atoms with Gasteiger partial charge in [-0.25, -0.2) is 9.48 Å². The Kier molecular flexibility index (Phi) is 4.99. The van der Waals surface area contributed by atoms with Gasteiger partial charge in [0.15, 0.2) is 0 Å². The highest BCUT2D eigenvalue weighted by molar-refractivity contribution is 5.88. The van der Waals surface area contributed by atoms with Gasteiger partial charge in [-0.15, -0.1) is 0 Å². The van der Waals surface area contributed by atoms with E-state index in [1.165, 1.54) is 6.26 Å². The van der Waals surface area contributed by atoms with Crippen LogP contribution in [0.4, 0.5) is 10.6 Å². The lowest BCUT2D eigenvalue weighted by atomic mass is 10.2. The third kappa shape index (κ3) is 4.35. The number of carbonyl (C=O) groups is 1. The summed E-state index contributed by atoms with van der Waals surface area (Å²) in [5.41, 5.74) is 0. The number of amides is 2. The van der Waals surface area contributed by atoms with Crippen molar-refractivity contribution in [2.45, 2.75) is 26.5 Å². The van der Waals surface area contributed by atoms with Gasteiger partial charge in [0.25, 0.3) is 0 Å². The smallest absolute Gasteiger partial charge is 0.320 e. The first kappa shape index (κ1) is 15.1. The molecule has 0 radical (unpaired) electrons. The molecule has 0 aliphatic carbocycles. The number of nitrogens with zero attached hydrogens (tertiary/aromatic N) is 2. The first-order valence-corrected chi connectivity index (χ1v) is 6.84. The van der Waals surface area contributed by atoms with E-state index in [2.05, 4.69) is 29.6 Å². The second-order valence-electron chi connectivity index (χ2n) is 5.16. The van der Waals surface area contributed by atoms with Crippen LogP contribution in [0.25, 0.3) is 0 Å². The van der Waals surface area contributed by atoms with Gasteiger partial charge in [0.1, 0.15) is 17.7 Å². The molecule has 0 saturated carbocycles. The van der Waals surface area contributed by atoms with Crippen LogP contribution >= 0.6 is 0 Å². The molecule has 1 atom stereocenters. The van der Waals surface area contributed by atoms with Crippen molar-refractivity contribution in [2.75, 3.05) is 11.9 Å². The minimum absolute atomic E-state index is 0.0671. The van der Waals surface area contributed by atoms with Crippen molar-refractivity contribution in [3.63, 3.8) is 0 Å². The second kappa shape index (κ2) is 6.94. The van der Waals surface area contributed by atoms with Gasteiger partial charge >= 0.3 is 6.03 Å². The maximum Gasteiger partial charge on any atom is 0.320 e. The van der Waals surface area contributed by atoms with Crippen LogP contribution in [0.2, 0.25) is 0 Å². The molecule has 2 aromatic heterocycles. The predicted molar refractivity (Wildman–Crippen MR) is 77.8 cm³/mol. The van der Waals surface area contributed by atoms with Crippen LogP contribution in [0, 0.1) is 5.92 Å². The molecule has 1 unspecified atom stereocenters. The summed E-state index contributed by atoms with van der Waals surface area (Å²) in [6.07, 6.45) is 2.24. The molecule has 3 N–H and O–H groups in total. The summed E-state index contributed by atoms with van der Waals surface area (Å²) in [7, 11) is 0. The molecule has 0 spiro atoms. The molecule has 2 rings (SSSR count). The van der Waals surface area contributed by atoms with E-state index in [0.717, 1.165) is 6.54 Å². The van der Waals surface area contributed by atoms with Crippen LogP contribution in [-0.2, 0) is 6.54 Å². The molecule has 0 aliphatic heterocycles. The average Bonchev–Trinajstić information content (AvgIpc) is 3.08. The van der Waals surface area contributed by atoms with E-state index in [9.17, 15) is 9.90 Å². The Bertz CT molecular complexity index is 563. The van der Waals surface area contributed by atoms with Gasteiger partial charge in [-0.1, -0.05) is 13.8 Å². The van der Waals surface area contributed by atoms with Crippen LogP contribution in [0.5, 0.6) is 0 Å². The normalized spacial score (nSPS) is 12.4. The molecule has 2 amide bonds. The van der Waals surface area contributed by atoms with Crippen LogP contribution in [0.1, 0.15) is 25.7 Å². The molecule has 114 valence electrons. The maximum atomic E-state index is 11.8. The van der Waals surface area contributed by atoms with Crippen molar-refractivity contribution < 1.29 is 14.3 Å². The Morgan fingerprint density at radius 2 is 2.29 bits per heavy atom. The van der Waals surface area contributed by atoms with E-state index in [1.54, 1.807) is 29.1 Å². The molecule has 0 saturated heterocycles. The van der Waals surface area contributed by atoms with E-state index >= 15 is 0 Å². The van der Waals surface area contributed by atoms with Crippen LogP contribution < -0.4 is 10.6 Å². The zero-order chi connectivity index (χ0) is 15.2. The summed E-state index contributed by atoms with van der Waals surface area (Å²) >= 11 is 0. The van der Waals surface area contributed by atoms with Gasteiger partial charge in [-0.05, 0) is 18.1 Å². The van der Waals surface area contributed by atoms with Gasteiger partial charge in [0.2, 0.25) is 0 Å². The largest absolute Gasteiger partial charge is 0.467 e. The second-order valence-corrected chi connectivity index (χ2v) is 5.16. The van der Waals surface area contributed by atoms with Gasteiger partial charge in [-0.3, -0.25) is 5.32 Å². The zero-order valence-corrected chi connectivity index (χ0v) is 12.1. The third-order valence-electron chi connectivity index (χ3n) is 2.82. The van der Waals surface area contributed by atoms with Crippen molar-refractivity contribution in [1.29, 1.82) is 0 Å². The Balaban J connectivity index is 1.83. The van der Waals surface area contributed by atoms with Gasteiger partial charge < -0.3 is 14.8 Å². The quantitative estimate of drug-likeness (QED) is 0.759. The number of rotatable bonds is 6. The van der Waals surface area contributed by atoms with Crippen LogP contribution in [-0.4, -0.2) is 27.5 Å². The molecule has 2 aromatic rings. The van der Waals surface area contributed by atoms with Crippen molar-refractivity contribution in [1.82, 2.24) is 15.1 Å². The average molecular weight is 292 g/mol. The highest BCUT2D eigenvalue weighted by Gasteiger charge is 2.13. The molecule has 7 heteroatoms. The van der Waals surface area contributed by atoms with E-state index in [1.807, 2.05) is 0 Å². The van der Waals surface area contributed by atoms with Crippen LogP contribution in [0.3, 0.4) is 0 Å². The van der Waals surface area contributed by atoms with E-state index in [-0.39, 0.29) is 6.54 Å². The number of anilines is 1. The number of carbonyl (C=O) groups excluding carboxylic acids is 1. The molecule has 0 aromatic carbocycles. The Morgan fingerprint density at radius 1 is 1.48 bits per heavy atom. The zero-order valence-electron chi connectivity index (χ0n) is 12.1. The summed E-state index contributed by atoms with van der Waals surface area (Å²) in [6.45, 7) is 4.94.